The number of ketones is 1. The maximum atomic E-state index is 13.5. The lowest BCUT2D eigenvalue weighted by molar-refractivity contribution is -0.132. The molecule has 1 heterocycles. The molecule has 35 heavy (non-hydrogen) atoms. The van der Waals surface area contributed by atoms with Crippen molar-refractivity contribution >= 4 is 28.8 Å². The van der Waals surface area contributed by atoms with Crippen LogP contribution in [0.3, 0.4) is 0 Å². The highest BCUT2D eigenvalue weighted by atomic mass is 19.1. The van der Waals surface area contributed by atoms with Crippen molar-refractivity contribution < 1.29 is 23.8 Å². The number of para-hydroxylation sites is 2. The first-order chi connectivity index (χ1) is 16.8. The van der Waals surface area contributed by atoms with E-state index in [2.05, 4.69) is 0 Å². The van der Waals surface area contributed by atoms with Gasteiger partial charge in [-0.3, -0.25) is 14.5 Å². The third kappa shape index (κ3) is 4.62. The lowest BCUT2D eigenvalue weighted by Crippen LogP contribution is -2.30. The van der Waals surface area contributed by atoms with Crippen molar-refractivity contribution in [3.05, 3.63) is 95.3 Å². The van der Waals surface area contributed by atoms with E-state index in [1.165, 1.54) is 29.2 Å². The van der Waals surface area contributed by atoms with Crippen LogP contribution in [0.25, 0.3) is 5.76 Å². The summed E-state index contributed by atoms with van der Waals surface area (Å²) in [6.07, 6.45) is 0.771. The minimum Gasteiger partial charge on any atom is -0.507 e. The highest BCUT2D eigenvalue weighted by Crippen LogP contribution is 2.45. The van der Waals surface area contributed by atoms with Gasteiger partial charge >= 0.3 is 0 Å². The Bertz CT molecular complexity index is 1270. The summed E-state index contributed by atoms with van der Waals surface area (Å²) < 4.78 is 19.4. The van der Waals surface area contributed by atoms with Crippen LogP contribution >= 0.6 is 0 Å². The molecule has 1 aliphatic heterocycles. The van der Waals surface area contributed by atoms with Gasteiger partial charge in [-0.15, -0.1) is 0 Å². The standard InChI is InChI=1S/C28H27FN2O4/c1-4-17-35-23-8-6-5-7-22(23)31-25(18-11-15-21(16-12-18)30(2)3)24(27(33)28(31)34)26(32)19-9-13-20(29)14-10-19/h5-16,25,32H,4,17H2,1-3H3/b26-24-. The molecule has 180 valence electrons. The number of hydrogen-bond donors (Lipinski definition) is 1. The van der Waals surface area contributed by atoms with Gasteiger partial charge in [-0.25, -0.2) is 4.39 Å². The van der Waals surface area contributed by atoms with Gasteiger partial charge in [0.2, 0.25) is 0 Å². The van der Waals surface area contributed by atoms with Gasteiger partial charge in [-0.2, -0.15) is 0 Å². The Morgan fingerprint density at radius 2 is 1.66 bits per heavy atom. The van der Waals surface area contributed by atoms with Crippen LogP contribution < -0.4 is 14.5 Å². The van der Waals surface area contributed by atoms with E-state index < -0.39 is 23.5 Å². The van der Waals surface area contributed by atoms with Crippen LogP contribution in [0.4, 0.5) is 15.8 Å². The zero-order valence-corrected chi connectivity index (χ0v) is 19.9. The monoisotopic (exact) mass is 474 g/mol. The molecule has 0 bridgehead atoms. The summed E-state index contributed by atoms with van der Waals surface area (Å²) in [5.74, 6) is -1.96. The minimum absolute atomic E-state index is 0.0653. The fraction of sp³-hybridized carbons (Fsp3) is 0.214. The summed E-state index contributed by atoms with van der Waals surface area (Å²) in [4.78, 5) is 30.0. The van der Waals surface area contributed by atoms with E-state index in [1.54, 1.807) is 24.3 Å². The number of aliphatic hydroxyl groups is 1. The molecule has 3 aromatic rings. The molecule has 1 fully saturated rings. The van der Waals surface area contributed by atoms with Crippen LogP contribution in [0.15, 0.2) is 78.4 Å². The second-order valence-corrected chi connectivity index (χ2v) is 8.48. The predicted octanol–water partition coefficient (Wildman–Crippen LogP) is 5.31. The molecule has 1 unspecified atom stereocenters. The summed E-state index contributed by atoms with van der Waals surface area (Å²) in [6, 6.07) is 18.7. The van der Waals surface area contributed by atoms with Crippen molar-refractivity contribution in [2.24, 2.45) is 0 Å². The van der Waals surface area contributed by atoms with Gasteiger partial charge in [0.25, 0.3) is 11.7 Å². The largest absolute Gasteiger partial charge is 0.507 e. The molecule has 1 saturated heterocycles. The van der Waals surface area contributed by atoms with Crippen LogP contribution in [0.1, 0.15) is 30.5 Å². The number of ether oxygens (including phenoxy) is 1. The highest BCUT2D eigenvalue weighted by molar-refractivity contribution is 6.51. The second-order valence-electron chi connectivity index (χ2n) is 8.48. The van der Waals surface area contributed by atoms with Crippen molar-refractivity contribution in [3.63, 3.8) is 0 Å². The first-order valence-electron chi connectivity index (χ1n) is 11.4. The molecule has 1 atom stereocenters. The predicted molar refractivity (Wildman–Crippen MR) is 134 cm³/mol. The lowest BCUT2D eigenvalue weighted by Gasteiger charge is -2.27. The summed E-state index contributed by atoms with van der Waals surface area (Å²) in [5.41, 5.74) is 2.20. The number of hydrogen-bond acceptors (Lipinski definition) is 5. The summed E-state index contributed by atoms with van der Waals surface area (Å²) in [5, 5.41) is 11.2. The van der Waals surface area contributed by atoms with E-state index in [0.717, 1.165) is 12.1 Å². The Morgan fingerprint density at radius 1 is 1.00 bits per heavy atom. The summed E-state index contributed by atoms with van der Waals surface area (Å²) >= 11 is 0. The van der Waals surface area contributed by atoms with E-state index in [-0.39, 0.29) is 16.9 Å². The third-order valence-corrected chi connectivity index (χ3v) is 5.87. The molecule has 0 aliphatic carbocycles. The van der Waals surface area contributed by atoms with Crippen LogP contribution in [0.2, 0.25) is 0 Å². The molecule has 1 aliphatic rings. The average molecular weight is 475 g/mol. The van der Waals surface area contributed by atoms with Crippen molar-refractivity contribution in [2.75, 3.05) is 30.5 Å². The first kappa shape index (κ1) is 24.0. The zero-order valence-electron chi connectivity index (χ0n) is 19.9. The molecule has 4 rings (SSSR count). The van der Waals surface area contributed by atoms with Crippen molar-refractivity contribution in [1.29, 1.82) is 0 Å². The number of amides is 1. The maximum Gasteiger partial charge on any atom is 0.300 e. The fourth-order valence-electron chi connectivity index (χ4n) is 4.10. The number of carbonyl (C=O) groups excluding carboxylic acids is 2. The van der Waals surface area contributed by atoms with E-state index in [1.807, 2.05) is 50.2 Å². The number of rotatable bonds is 7. The highest BCUT2D eigenvalue weighted by Gasteiger charge is 2.47. The fourth-order valence-corrected chi connectivity index (χ4v) is 4.10. The number of carbonyl (C=O) groups is 2. The Morgan fingerprint density at radius 3 is 2.29 bits per heavy atom. The first-order valence-corrected chi connectivity index (χ1v) is 11.4. The van der Waals surface area contributed by atoms with Gasteiger partial charge in [0, 0.05) is 25.3 Å². The normalized spacial score (nSPS) is 17.0. The number of anilines is 2. The second kappa shape index (κ2) is 10.0. The molecule has 6 nitrogen and oxygen atoms in total. The van der Waals surface area contributed by atoms with E-state index in [4.69, 9.17) is 4.74 Å². The molecular formula is C28H27FN2O4. The summed E-state index contributed by atoms with van der Waals surface area (Å²) in [6.45, 7) is 2.42. The van der Waals surface area contributed by atoms with Crippen molar-refractivity contribution in [1.82, 2.24) is 0 Å². The van der Waals surface area contributed by atoms with Gasteiger partial charge in [0.05, 0.1) is 23.9 Å². The van der Waals surface area contributed by atoms with Gasteiger partial charge in [-0.05, 0) is 60.5 Å². The summed E-state index contributed by atoms with van der Waals surface area (Å²) in [7, 11) is 3.83. The van der Waals surface area contributed by atoms with Gasteiger partial charge in [-0.1, -0.05) is 31.2 Å². The number of Topliss-reactive ketones (excluding diaryl/α,β-unsaturated/α-hetero) is 1. The topological polar surface area (TPSA) is 70.1 Å². The smallest absolute Gasteiger partial charge is 0.300 e. The Kier molecular flexibility index (Phi) is 6.87. The van der Waals surface area contributed by atoms with Gasteiger partial charge in [0.1, 0.15) is 17.3 Å². The Hall–Kier alpha value is -4.13. The minimum atomic E-state index is -0.900. The number of nitrogens with zero attached hydrogens (tertiary/aromatic N) is 2. The quantitative estimate of drug-likeness (QED) is 0.286. The molecule has 3 aromatic carbocycles. The van der Waals surface area contributed by atoms with Crippen LogP contribution in [-0.4, -0.2) is 37.5 Å². The van der Waals surface area contributed by atoms with Gasteiger partial charge < -0.3 is 14.7 Å². The molecule has 1 amide bonds. The van der Waals surface area contributed by atoms with Crippen molar-refractivity contribution in [2.45, 2.75) is 19.4 Å². The van der Waals surface area contributed by atoms with Crippen LogP contribution in [0, 0.1) is 5.82 Å². The SMILES string of the molecule is CCCOc1ccccc1N1C(=O)C(=O)/C(=C(\O)c2ccc(F)cc2)C1c1ccc(N(C)C)cc1. The average Bonchev–Trinajstić information content (AvgIpc) is 3.13. The Labute approximate surface area is 203 Å². The lowest BCUT2D eigenvalue weighted by atomic mass is 9.95. The van der Waals surface area contributed by atoms with Gasteiger partial charge in [0.15, 0.2) is 0 Å². The Balaban J connectivity index is 1.92. The third-order valence-electron chi connectivity index (χ3n) is 5.87. The molecule has 7 heteroatoms. The van der Waals surface area contributed by atoms with E-state index >= 15 is 0 Å². The van der Waals surface area contributed by atoms with E-state index in [0.29, 0.717) is 23.6 Å². The number of benzene rings is 3. The number of halogens is 1. The molecule has 0 aromatic heterocycles. The molecule has 1 N–H and O–H groups in total. The van der Waals surface area contributed by atoms with Crippen molar-refractivity contribution in [3.8, 4) is 5.75 Å². The molecule has 0 saturated carbocycles. The maximum absolute atomic E-state index is 13.5. The van der Waals surface area contributed by atoms with Crippen LogP contribution in [-0.2, 0) is 9.59 Å². The number of aliphatic hydroxyl groups excluding tert-OH is 1. The van der Waals surface area contributed by atoms with Crippen LogP contribution in [0.5, 0.6) is 5.75 Å². The molecule has 0 spiro atoms. The molecule has 0 radical (unpaired) electrons. The molecular weight excluding hydrogens is 447 g/mol. The van der Waals surface area contributed by atoms with E-state index in [9.17, 15) is 19.1 Å². The zero-order chi connectivity index (χ0) is 25.1.